The highest BCUT2D eigenvalue weighted by Gasteiger charge is 2.39. The third-order valence-electron chi connectivity index (χ3n) is 7.03. The molecule has 3 aliphatic heterocycles. The molecule has 0 spiro atoms. The number of nitrogens with zero attached hydrogens (tertiary/aromatic N) is 3. The molecule has 0 aliphatic carbocycles. The molecule has 36 heavy (non-hydrogen) atoms. The van der Waals surface area contributed by atoms with Gasteiger partial charge in [0.05, 0.1) is 5.69 Å². The molecule has 1 aromatic heterocycles. The van der Waals surface area contributed by atoms with Gasteiger partial charge in [-0.3, -0.25) is 24.6 Å². The summed E-state index contributed by atoms with van der Waals surface area (Å²) in [6, 6.07) is 16.8. The smallest absolute Gasteiger partial charge is 0.255 e. The Morgan fingerprint density at radius 3 is 2.75 bits per heavy atom. The fourth-order valence-electron chi connectivity index (χ4n) is 5.21. The van der Waals surface area contributed by atoms with E-state index in [4.69, 9.17) is 9.26 Å². The molecule has 1 unspecified atom stereocenters. The number of fused-ring (bicyclic) bond motifs is 1. The molecule has 0 radical (unpaired) electrons. The maximum Gasteiger partial charge on any atom is 0.255 e. The lowest BCUT2D eigenvalue weighted by Crippen LogP contribution is -2.52. The molecular weight excluding hydrogens is 460 g/mol. The van der Waals surface area contributed by atoms with Crippen LogP contribution in [0.5, 0.6) is 5.75 Å². The number of hydrogen-bond donors (Lipinski definition) is 1. The topological polar surface area (TPSA) is 105 Å². The first-order valence-corrected chi connectivity index (χ1v) is 12.2. The van der Waals surface area contributed by atoms with Gasteiger partial charge in [0.15, 0.2) is 5.76 Å². The van der Waals surface area contributed by atoms with Crippen LogP contribution in [0, 0.1) is 0 Å². The summed E-state index contributed by atoms with van der Waals surface area (Å²) < 4.78 is 11.8. The van der Waals surface area contributed by atoms with Gasteiger partial charge >= 0.3 is 0 Å². The first-order chi connectivity index (χ1) is 17.5. The van der Waals surface area contributed by atoms with Crippen molar-refractivity contribution >= 4 is 17.7 Å². The second-order valence-electron chi connectivity index (χ2n) is 9.53. The Morgan fingerprint density at radius 1 is 1.06 bits per heavy atom. The van der Waals surface area contributed by atoms with Crippen molar-refractivity contribution in [1.82, 2.24) is 20.3 Å². The van der Waals surface area contributed by atoms with Crippen LogP contribution in [-0.4, -0.2) is 57.9 Å². The minimum atomic E-state index is -0.616. The van der Waals surface area contributed by atoms with Crippen molar-refractivity contribution in [2.75, 3.05) is 13.1 Å². The number of amides is 3. The molecule has 2 saturated heterocycles. The highest BCUT2D eigenvalue weighted by atomic mass is 16.5. The van der Waals surface area contributed by atoms with E-state index < -0.39 is 11.9 Å². The molecule has 3 aromatic rings. The van der Waals surface area contributed by atoms with E-state index in [0.29, 0.717) is 30.8 Å². The van der Waals surface area contributed by atoms with Crippen molar-refractivity contribution in [3.63, 3.8) is 0 Å². The Morgan fingerprint density at radius 2 is 1.92 bits per heavy atom. The monoisotopic (exact) mass is 486 g/mol. The highest BCUT2D eigenvalue weighted by molar-refractivity contribution is 6.05. The normalized spacial score (nSPS) is 22.1. The Kier molecular flexibility index (Phi) is 5.77. The summed E-state index contributed by atoms with van der Waals surface area (Å²) in [7, 11) is 0. The van der Waals surface area contributed by atoms with Gasteiger partial charge < -0.3 is 14.2 Å². The number of benzene rings is 2. The maximum atomic E-state index is 12.9. The predicted octanol–water partition coefficient (Wildman–Crippen LogP) is 2.76. The van der Waals surface area contributed by atoms with Crippen LogP contribution >= 0.6 is 0 Å². The quantitative estimate of drug-likeness (QED) is 0.534. The molecule has 1 N–H and O–H groups in total. The van der Waals surface area contributed by atoms with Crippen molar-refractivity contribution in [3.05, 3.63) is 71.4 Å². The summed E-state index contributed by atoms with van der Waals surface area (Å²) in [5, 5.41) is 6.56. The predicted molar refractivity (Wildman–Crippen MR) is 129 cm³/mol. The summed E-state index contributed by atoms with van der Waals surface area (Å²) in [5.74, 6) is 0.600. The summed E-state index contributed by atoms with van der Waals surface area (Å²) in [4.78, 5) is 40.4. The van der Waals surface area contributed by atoms with Gasteiger partial charge in [0.2, 0.25) is 11.8 Å². The molecule has 0 saturated carbocycles. The van der Waals surface area contributed by atoms with Crippen LogP contribution in [0.25, 0.3) is 11.3 Å². The van der Waals surface area contributed by atoms with Crippen LogP contribution in [0.15, 0.2) is 59.1 Å². The molecule has 3 amide bonds. The molecule has 6 rings (SSSR count). The molecule has 184 valence electrons. The number of nitrogens with one attached hydrogen (secondary N) is 1. The number of carbonyl (C=O) groups excluding carboxylic acids is 3. The van der Waals surface area contributed by atoms with Gasteiger partial charge in [-0.1, -0.05) is 35.5 Å². The second-order valence-corrected chi connectivity index (χ2v) is 9.53. The lowest BCUT2D eigenvalue weighted by atomic mass is 10.0. The molecule has 9 nitrogen and oxygen atoms in total. The largest absolute Gasteiger partial charge is 0.489 e. The minimum Gasteiger partial charge on any atom is -0.489 e. The van der Waals surface area contributed by atoms with E-state index in [2.05, 4.69) is 15.4 Å². The fraction of sp³-hybridized carbons (Fsp3) is 0.333. The Labute approximate surface area is 208 Å². The van der Waals surface area contributed by atoms with Crippen molar-refractivity contribution in [2.45, 2.75) is 44.5 Å². The van der Waals surface area contributed by atoms with Crippen LogP contribution < -0.4 is 10.1 Å². The summed E-state index contributed by atoms with van der Waals surface area (Å²) in [6.07, 6.45) is 1.52. The molecule has 4 heterocycles. The maximum absolute atomic E-state index is 12.9. The highest BCUT2D eigenvalue weighted by Crippen LogP contribution is 2.31. The van der Waals surface area contributed by atoms with Crippen molar-refractivity contribution < 1.29 is 23.6 Å². The Hall–Kier alpha value is -3.98. The van der Waals surface area contributed by atoms with Crippen LogP contribution in [0.1, 0.15) is 40.9 Å². The van der Waals surface area contributed by atoms with Crippen molar-refractivity contribution in [3.8, 4) is 17.1 Å². The zero-order valence-electron chi connectivity index (χ0n) is 19.7. The van der Waals surface area contributed by atoms with Gasteiger partial charge in [0.1, 0.15) is 17.9 Å². The molecule has 0 bridgehead atoms. The van der Waals surface area contributed by atoms with Crippen LogP contribution in [0.4, 0.5) is 0 Å². The van der Waals surface area contributed by atoms with E-state index in [1.807, 2.05) is 48.5 Å². The van der Waals surface area contributed by atoms with E-state index >= 15 is 0 Å². The first kappa shape index (κ1) is 22.5. The van der Waals surface area contributed by atoms with Crippen molar-refractivity contribution in [2.24, 2.45) is 0 Å². The van der Waals surface area contributed by atoms with Gasteiger partial charge in [-0.25, -0.2) is 0 Å². The number of hydrogen-bond acceptors (Lipinski definition) is 7. The Bertz CT molecular complexity index is 1320. The van der Waals surface area contributed by atoms with Gasteiger partial charge in [-0.05, 0) is 36.6 Å². The van der Waals surface area contributed by atoms with Gasteiger partial charge in [-0.2, -0.15) is 0 Å². The summed E-state index contributed by atoms with van der Waals surface area (Å²) >= 11 is 0. The first-order valence-electron chi connectivity index (χ1n) is 12.2. The van der Waals surface area contributed by atoms with Gasteiger partial charge in [-0.15, -0.1) is 0 Å². The molecule has 3 aliphatic rings. The Balaban J connectivity index is 1.06. The van der Waals surface area contributed by atoms with E-state index in [0.717, 1.165) is 42.1 Å². The van der Waals surface area contributed by atoms with E-state index in [9.17, 15) is 14.4 Å². The molecule has 2 atom stereocenters. The number of rotatable bonds is 6. The molecular formula is C27H26N4O5. The lowest BCUT2D eigenvalue weighted by molar-refractivity contribution is -0.136. The standard InChI is InChI=1S/C27H26N4O5/c32-25-9-8-23(26(33)28-25)31-14-18-12-20(6-7-22(18)27(31)34)35-21-10-11-30(16-21)15-19-13-24(36-29-19)17-4-2-1-3-5-17/h1-7,12-13,21,23H,8-11,14-16H2,(H,28,32,33)/t21-,23?/m0/s1. The van der Waals surface area contributed by atoms with Crippen molar-refractivity contribution in [1.29, 1.82) is 0 Å². The van der Waals surface area contributed by atoms with E-state index in [1.165, 1.54) is 0 Å². The number of piperidine rings is 1. The van der Waals surface area contributed by atoms with Gasteiger partial charge in [0.25, 0.3) is 5.91 Å². The molecule has 2 aromatic carbocycles. The fourth-order valence-corrected chi connectivity index (χ4v) is 5.21. The number of likely N-dealkylation sites (tertiary alicyclic amines) is 1. The molecule has 9 heteroatoms. The number of carbonyl (C=O) groups is 3. The number of aromatic nitrogens is 1. The second kappa shape index (κ2) is 9.23. The minimum absolute atomic E-state index is 0.0342. The van der Waals surface area contributed by atoms with E-state index in [1.54, 1.807) is 11.0 Å². The zero-order valence-corrected chi connectivity index (χ0v) is 19.7. The number of ether oxygens (including phenoxy) is 1. The lowest BCUT2D eigenvalue weighted by Gasteiger charge is -2.29. The zero-order chi connectivity index (χ0) is 24.6. The molecule has 2 fully saturated rings. The average Bonchev–Trinajstić information content (AvgIpc) is 3.60. The third kappa shape index (κ3) is 4.37. The average molecular weight is 487 g/mol. The van der Waals surface area contributed by atoms with Crippen LogP contribution in [-0.2, 0) is 22.7 Å². The van der Waals surface area contributed by atoms with Crippen LogP contribution in [0.2, 0.25) is 0 Å². The summed E-state index contributed by atoms with van der Waals surface area (Å²) in [5.41, 5.74) is 3.32. The number of imide groups is 1. The van der Waals surface area contributed by atoms with Gasteiger partial charge in [0, 0.05) is 49.8 Å². The van der Waals surface area contributed by atoms with Crippen LogP contribution in [0.3, 0.4) is 0 Å². The summed E-state index contributed by atoms with van der Waals surface area (Å²) in [6.45, 7) is 2.69. The SMILES string of the molecule is O=C1CCC(N2Cc3cc(O[C@H]4CCN(Cc5cc(-c6ccccc6)on5)C4)ccc3C2=O)C(=O)N1. The third-order valence-corrected chi connectivity index (χ3v) is 7.03. The van der Waals surface area contributed by atoms with E-state index in [-0.39, 0.29) is 24.3 Å².